The molecule has 13 nitrogen and oxygen atoms in total. The predicted molar refractivity (Wildman–Crippen MR) is 110 cm³/mol. The molecular formula is C6H26O13P4Si4. The first-order chi connectivity index (χ1) is 12.5. The van der Waals surface area contributed by atoms with E-state index in [1.807, 2.05) is 0 Å². The van der Waals surface area contributed by atoms with Gasteiger partial charge in [0.05, 0.1) is 0 Å². The second-order valence-electron chi connectivity index (χ2n) is 4.07. The summed E-state index contributed by atoms with van der Waals surface area (Å²) in [5.41, 5.74) is 0. The van der Waals surface area contributed by atoms with Gasteiger partial charge in [0.15, 0.2) is 39.1 Å². The Morgan fingerprint density at radius 3 is 1.04 bits per heavy atom. The highest BCUT2D eigenvalue weighted by molar-refractivity contribution is 7.71. The van der Waals surface area contributed by atoms with Gasteiger partial charge in [-0.15, -0.1) is 0 Å². The second-order valence-corrected chi connectivity index (χ2v) is 16.8. The Bertz CT molecular complexity index is 614. The van der Waals surface area contributed by atoms with Crippen molar-refractivity contribution in [1.82, 2.24) is 0 Å². The van der Waals surface area contributed by atoms with Crippen LogP contribution in [0, 0.1) is 0 Å². The van der Waals surface area contributed by atoms with E-state index >= 15 is 0 Å². The lowest BCUT2D eigenvalue weighted by Gasteiger charge is -2.26. The lowest BCUT2D eigenvalue weighted by Crippen LogP contribution is -2.08. The Labute approximate surface area is 168 Å². The molecule has 0 rings (SSSR count). The molecule has 0 spiro atoms. The fourth-order valence-corrected chi connectivity index (χ4v) is 15.5. The minimum absolute atomic E-state index is 0.969. The van der Waals surface area contributed by atoms with Gasteiger partial charge in [-0.05, 0) is 0 Å². The van der Waals surface area contributed by atoms with E-state index in [-0.39, 0.29) is 0 Å². The van der Waals surface area contributed by atoms with E-state index in [0.29, 0.717) is 0 Å². The van der Waals surface area contributed by atoms with Crippen LogP contribution in [0.2, 0.25) is 26.2 Å². The monoisotopic (exact) mass is 542 g/mol. The van der Waals surface area contributed by atoms with Crippen LogP contribution >= 0.6 is 31.3 Å². The SMILES string of the molecule is COP(=O)(OC)OP(=O)(O[SiH2]C)OP(=O)(O[SiH2]C)OP(=O)(O[SiH2]C)O[SiH2]C. The average molecular weight is 543 g/mol. The highest BCUT2D eigenvalue weighted by Gasteiger charge is 2.49. The molecule has 164 valence electrons. The molecule has 0 aliphatic rings. The van der Waals surface area contributed by atoms with Gasteiger partial charge in [0.2, 0.25) is 0 Å². The Morgan fingerprint density at radius 1 is 0.481 bits per heavy atom. The lowest BCUT2D eigenvalue weighted by molar-refractivity contribution is 0.178. The molecule has 0 N–H and O–H groups in total. The quantitative estimate of drug-likeness (QED) is 0.204. The first-order valence-corrected chi connectivity index (χ1v) is 21.5. The number of rotatable bonds is 16. The third-order valence-corrected chi connectivity index (χ3v) is 17.1. The zero-order valence-corrected chi connectivity index (χ0v) is 25.2. The first kappa shape index (κ1) is 28.4. The summed E-state index contributed by atoms with van der Waals surface area (Å²) in [6, 6.07) is 0. The summed E-state index contributed by atoms with van der Waals surface area (Å²) < 4.78 is 94.0. The van der Waals surface area contributed by atoms with Crippen LogP contribution in [-0.4, -0.2) is 53.3 Å². The summed E-state index contributed by atoms with van der Waals surface area (Å²) in [6.07, 6.45) is 0. The summed E-state index contributed by atoms with van der Waals surface area (Å²) in [7, 11) is -21.9. The average Bonchev–Trinajstić information content (AvgIpc) is 2.54. The summed E-state index contributed by atoms with van der Waals surface area (Å²) in [6.45, 7) is 6.40. The number of phosphoric acid groups is 4. The van der Waals surface area contributed by atoms with Gasteiger partial charge in [-0.25, -0.2) is 18.3 Å². The molecule has 0 aromatic heterocycles. The summed E-state index contributed by atoms with van der Waals surface area (Å²) in [5.74, 6) is 0. The van der Waals surface area contributed by atoms with Crippen LogP contribution in [0.15, 0.2) is 0 Å². The highest BCUT2D eigenvalue weighted by Crippen LogP contribution is 2.76. The topological polar surface area (TPSA) is 151 Å². The molecule has 0 radical (unpaired) electrons. The Morgan fingerprint density at radius 2 is 0.741 bits per heavy atom. The maximum Gasteiger partial charge on any atom is 0.483 e. The predicted octanol–water partition coefficient (Wildman–Crippen LogP) is 1.36. The normalized spacial score (nSPS) is 21.0. The van der Waals surface area contributed by atoms with Gasteiger partial charge in [0.1, 0.15) is 0 Å². The molecule has 2 atom stereocenters. The van der Waals surface area contributed by atoms with Crippen LogP contribution in [0.25, 0.3) is 0 Å². The van der Waals surface area contributed by atoms with Gasteiger partial charge in [0.25, 0.3) is 0 Å². The maximum absolute atomic E-state index is 12.9. The molecule has 0 saturated heterocycles. The standard InChI is InChI=1S/C6H26O13P4Si4/c1-11-20(7,12-2)13-21(8,16-24-3)14-22(9,17-25-4)15-23(10,18-26-5)19-27-6/h24-27H2,1-6H3. The van der Waals surface area contributed by atoms with Crippen molar-refractivity contribution in [3.8, 4) is 0 Å². The van der Waals surface area contributed by atoms with Crippen LogP contribution in [0.5, 0.6) is 0 Å². The molecule has 0 saturated carbocycles. The fraction of sp³-hybridized carbons (Fsp3) is 1.00. The van der Waals surface area contributed by atoms with Gasteiger partial charge < -0.3 is 16.9 Å². The van der Waals surface area contributed by atoms with Crippen molar-refractivity contribution in [2.24, 2.45) is 0 Å². The Balaban J connectivity index is 5.80. The van der Waals surface area contributed by atoms with E-state index in [4.69, 9.17) is 29.8 Å². The van der Waals surface area contributed by atoms with Gasteiger partial charge in [0, 0.05) is 14.2 Å². The van der Waals surface area contributed by atoms with E-state index in [9.17, 15) is 18.3 Å². The number of hydrogen-bond donors (Lipinski definition) is 0. The minimum atomic E-state index is -4.80. The highest BCUT2D eigenvalue weighted by atomic mass is 31.3. The van der Waals surface area contributed by atoms with E-state index in [0.717, 1.165) is 14.2 Å². The van der Waals surface area contributed by atoms with Gasteiger partial charge >= 0.3 is 31.3 Å². The van der Waals surface area contributed by atoms with E-state index in [1.165, 1.54) is 0 Å². The first-order valence-electron chi connectivity index (χ1n) is 7.72. The number of hydrogen-bond acceptors (Lipinski definition) is 13. The molecule has 0 aliphatic heterocycles. The Kier molecular flexibility index (Phi) is 13.7. The number of phosphoric ester groups is 1. The zero-order valence-electron chi connectivity index (χ0n) is 15.9. The van der Waals surface area contributed by atoms with Crippen LogP contribution in [0.3, 0.4) is 0 Å². The van der Waals surface area contributed by atoms with Crippen molar-refractivity contribution in [2.45, 2.75) is 26.2 Å². The largest absolute Gasteiger partial charge is 0.483 e. The second kappa shape index (κ2) is 13.0. The van der Waals surface area contributed by atoms with Crippen molar-refractivity contribution in [2.75, 3.05) is 14.2 Å². The fourth-order valence-electron chi connectivity index (χ4n) is 1.35. The smallest absolute Gasteiger partial charge is 0.338 e. The van der Waals surface area contributed by atoms with Crippen LogP contribution in [-0.2, 0) is 57.1 Å². The van der Waals surface area contributed by atoms with Crippen molar-refractivity contribution in [3.05, 3.63) is 0 Å². The van der Waals surface area contributed by atoms with Gasteiger partial charge in [-0.1, -0.05) is 26.2 Å². The van der Waals surface area contributed by atoms with Crippen molar-refractivity contribution < 1.29 is 57.1 Å². The summed E-state index contributed by atoms with van der Waals surface area (Å²) in [5, 5.41) is 0. The molecule has 0 fully saturated rings. The van der Waals surface area contributed by atoms with Crippen molar-refractivity contribution >= 4 is 70.3 Å². The molecular weight excluding hydrogens is 516 g/mol. The summed E-state index contributed by atoms with van der Waals surface area (Å²) in [4.78, 5) is 0. The van der Waals surface area contributed by atoms with Crippen LogP contribution in [0.4, 0.5) is 0 Å². The van der Waals surface area contributed by atoms with E-state index in [2.05, 4.69) is 9.05 Å². The van der Waals surface area contributed by atoms with Crippen molar-refractivity contribution in [3.63, 3.8) is 0 Å². The summed E-state index contributed by atoms with van der Waals surface area (Å²) >= 11 is 0. The molecule has 0 aliphatic carbocycles. The molecule has 0 aromatic carbocycles. The molecule has 0 bridgehead atoms. The van der Waals surface area contributed by atoms with Crippen LogP contribution < -0.4 is 0 Å². The van der Waals surface area contributed by atoms with E-state index in [1.54, 1.807) is 26.2 Å². The van der Waals surface area contributed by atoms with Crippen molar-refractivity contribution in [1.29, 1.82) is 0 Å². The maximum atomic E-state index is 12.9. The molecule has 21 heteroatoms. The molecule has 2 unspecified atom stereocenters. The minimum Gasteiger partial charge on any atom is -0.338 e. The molecule has 0 aromatic rings. The van der Waals surface area contributed by atoms with Gasteiger partial charge in [-0.3, -0.25) is 9.05 Å². The Hall–Kier alpha value is 1.43. The van der Waals surface area contributed by atoms with E-state index < -0.39 is 70.3 Å². The lowest BCUT2D eigenvalue weighted by atomic mass is 11.8. The molecule has 0 amide bonds. The van der Waals surface area contributed by atoms with Crippen LogP contribution in [0.1, 0.15) is 0 Å². The third kappa shape index (κ3) is 10.3. The molecule has 27 heavy (non-hydrogen) atoms. The molecule has 0 heterocycles. The van der Waals surface area contributed by atoms with Gasteiger partial charge in [-0.2, -0.15) is 12.9 Å². The third-order valence-electron chi connectivity index (χ3n) is 2.20. The zero-order chi connectivity index (χ0) is 21.2.